The van der Waals surface area contributed by atoms with Gasteiger partial charge in [-0.15, -0.1) is 0 Å². The van der Waals surface area contributed by atoms with Crippen LogP contribution in [0, 0.1) is 0 Å². The molecule has 0 bridgehead atoms. The summed E-state index contributed by atoms with van der Waals surface area (Å²) in [5, 5.41) is 3.96. The Bertz CT molecular complexity index is 474. The van der Waals surface area contributed by atoms with Gasteiger partial charge >= 0.3 is 0 Å². The van der Waals surface area contributed by atoms with Crippen molar-refractivity contribution in [3.63, 3.8) is 0 Å². The van der Waals surface area contributed by atoms with Gasteiger partial charge < -0.3 is 5.32 Å². The molecule has 1 aromatic carbocycles. The Kier molecular flexibility index (Phi) is 4.62. The molecule has 0 fully saturated rings. The molecular weight excluding hydrogens is 269 g/mol. The summed E-state index contributed by atoms with van der Waals surface area (Å²) in [5.74, 6) is -0.0104. The minimum atomic E-state index is -3.08. The maximum Gasteiger partial charge on any atom is 0.149 e. The van der Waals surface area contributed by atoms with Crippen molar-refractivity contribution < 1.29 is 8.42 Å². The Balaban J connectivity index is 3.08. The first-order valence-electron chi connectivity index (χ1n) is 4.63. The Hall–Kier alpha value is -0.290. The highest BCUT2D eigenvalue weighted by Gasteiger charge is 2.18. The van der Waals surface area contributed by atoms with Gasteiger partial charge in [0.05, 0.1) is 5.75 Å². The molecule has 3 nitrogen and oxygen atoms in total. The summed E-state index contributed by atoms with van der Waals surface area (Å²) < 4.78 is 22.5. The number of hydrogen-bond acceptors (Lipinski definition) is 3. The maximum absolute atomic E-state index is 11.3. The third-order valence-corrected chi connectivity index (χ3v) is 3.67. The van der Waals surface area contributed by atoms with Gasteiger partial charge in [0.15, 0.2) is 0 Å². The minimum Gasteiger partial charge on any atom is -0.312 e. The normalized spacial score (nSPS) is 13.8. The lowest BCUT2D eigenvalue weighted by Gasteiger charge is -2.17. The lowest BCUT2D eigenvalue weighted by molar-refractivity contribution is 0.579. The van der Waals surface area contributed by atoms with Crippen LogP contribution in [0.5, 0.6) is 0 Å². The fourth-order valence-corrected chi connectivity index (χ4v) is 2.79. The first kappa shape index (κ1) is 13.8. The van der Waals surface area contributed by atoms with Crippen LogP contribution in [-0.2, 0) is 9.84 Å². The number of nitrogens with one attached hydrogen (secondary N) is 1. The van der Waals surface area contributed by atoms with Gasteiger partial charge in [-0.25, -0.2) is 8.42 Å². The van der Waals surface area contributed by atoms with E-state index in [2.05, 4.69) is 5.32 Å². The summed E-state index contributed by atoms with van der Waals surface area (Å²) in [7, 11) is -1.39. The zero-order valence-corrected chi connectivity index (χ0v) is 11.3. The molecule has 1 aromatic rings. The standard InChI is InChI=1S/C10H13Cl2NO2S/c1-13-10(6-16(2,14)15)8-5-7(11)3-4-9(8)12/h3-5,10,13H,6H2,1-2H3. The molecule has 1 unspecified atom stereocenters. The van der Waals surface area contributed by atoms with Crippen LogP contribution in [0.3, 0.4) is 0 Å². The third kappa shape index (κ3) is 3.94. The van der Waals surface area contributed by atoms with Gasteiger partial charge in [-0.1, -0.05) is 23.2 Å². The molecule has 90 valence electrons. The molecule has 1 N–H and O–H groups in total. The van der Waals surface area contributed by atoms with Crippen LogP contribution in [0.1, 0.15) is 11.6 Å². The van der Waals surface area contributed by atoms with Gasteiger partial charge in [0, 0.05) is 22.3 Å². The Labute approximate surface area is 106 Å². The Morgan fingerprint density at radius 3 is 2.50 bits per heavy atom. The smallest absolute Gasteiger partial charge is 0.149 e. The monoisotopic (exact) mass is 281 g/mol. The predicted octanol–water partition coefficient (Wildman–Crippen LogP) is 2.30. The zero-order valence-electron chi connectivity index (χ0n) is 9.00. The molecule has 0 aromatic heterocycles. The van der Waals surface area contributed by atoms with E-state index in [0.29, 0.717) is 15.6 Å². The molecule has 0 spiro atoms. The molecule has 0 saturated heterocycles. The average molecular weight is 282 g/mol. The molecule has 0 aliphatic rings. The summed E-state index contributed by atoms with van der Waals surface area (Å²) in [6, 6.07) is 4.66. The van der Waals surface area contributed by atoms with E-state index in [1.54, 1.807) is 25.2 Å². The predicted molar refractivity (Wildman–Crippen MR) is 68.0 cm³/mol. The van der Waals surface area contributed by atoms with Crippen LogP contribution in [0.4, 0.5) is 0 Å². The third-order valence-electron chi connectivity index (χ3n) is 2.15. The first-order chi connectivity index (χ1) is 7.33. The summed E-state index contributed by atoms with van der Waals surface area (Å²) in [6.07, 6.45) is 1.19. The van der Waals surface area contributed by atoms with Gasteiger partial charge in [0.25, 0.3) is 0 Å². The Morgan fingerprint density at radius 2 is 2.00 bits per heavy atom. The van der Waals surface area contributed by atoms with Crippen LogP contribution in [0.25, 0.3) is 0 Å². The lowest BCUT2D eigenvalue weighted by atomic mass is 10.1. The fourth-order valence-electron chi connectivity index (χ4n) is 1.41. The molecule has 0 saturated carbocycles. The molecule has 6 heteroatoms. The number of rotatable bonds is 4. The second-order valence-electron chi connectivity index (χ2n) is 3.60. The van der Waals surface area contributed by atoms with E-state index in [1.165, 1.54) is 6.26 Å². The molecule has 1 atom stereocenters. The highest BCUT2D eigenvalue weighted by Crippen LogP contribution is 2.26. The number of benzene rings is 1. The van der Waals surface area contributed by atoms with E-state index in [0.717, 1.165) is 0 Å². The van der Waals surface area contributed by atoms with Crippen LogP contribution in [0.15, 0.2) is 18.2 Å². The molecule has 0 radical (unpaired) electrons. The fraction of sp³-hybridized carbons (Fsp3) is 0.400. The van der Waals surface area contributed by atoms with Crippen molar-refractivity contribution in [1.82, 2.24) is 5.32 Å². The SMILES string of the molecule is CNC(CS(C)(=O)=O)c1cc(Cl)ccc1Cl. The van der Waals surface area contributed by atoms with Gasteiger partial charge in [0.2, 0.25) is 0 Å². The molecule has 0 amide bonds. The van der Waals surface area contributed by atoms with Gasteiger partial charge in [-0.2, -0.15) is 0 Å². The van der Waals surface area contributed by atoms with Crippen molar-refractivity contribution in [2.24, 2.45) is 0 Å². The van der Waals surface area contributed by atoms with Crippen molar-refractivity contribution in [1.29, 1.82) is 0 Å². The van der Waals surface area contributed by atoms with E-state index < -0.39 is 9.84 Å². The van der Waals surface area contributed by atoms with Crippen LogP contribution in [-0.4, -0.2) is 27.5 Å². The molecule has 0 aliphatic carbocycles. The summed E-state index contributed by atoms with van der Waals surface area (Å²) in [6.45, 7) is 0. The van der Waals surface area contributed by atoms with E-state index in [4.69, 9.17) is 23.2 Å². The number of sulfone groups is 1. The quantitative estimate of drug-likeness (QED) is 0.921. The van der Waals surface area contributed by atoms with Crippen molar-refractivity contribution in [3.05, 3.63) is 33.8 Å². The van der Waals surface area contributed by atoms with Gasteiger partial charge in [-0.05, 0) is 30.8 Å². The van der Waals surface area contributed by atoms with Gasteiger partial charge in [0.1, 0.15) is 9.84 Å². The summed E-state index contributed by atoms with van der Waals surface area (Å²) in [4.78, 5) is 0. The van der Waals surface area contributed by atoms with E-state index in [9.17, 15) is 8.42 Å². The maximum atomic E-state index is 11.3. The first-order valence-corrected chi connectivity index (χ1v) is 7.45. The van der Waals surface area contributed by atoms with Crippen molar-refractivity contribution >= 4 is 33.0 Å². The average Bonchev–Trinajstić information content (AvgIpc) is 2.17. The lowest BCUT2D eigenvalue weighted by Crippen LogP contribution is -2.24. The van der Waals surface area contributed by atoms with Gasteiger partial charge in [-0.3, -0.25) is 0 Å². The highest BCUT2D eigenvalue weighted by molar-refractivity contribution is 7.90. The second-order valence-corrected chi connectivity index (χ2v) is 6.63. The van der Waals surface area contributed by atoms with Crippen molar-refractivity contribution in [3.8, 4) is 0 Å². The number of halogens is 2. The molecule has 1 rings (SSSR count). The summed E-state index contributed by atoms with van der Waals surface area (Å²) in [5.41, 5.74) is 0.696. The topological polar surface area (TPSA) is 46.2 Å². The van der Waals surface area contributed by atoms with E-state index >= 15 is 0 Å². The van der Waals surface area contributed by atoms with Crippen LogP contribution >= 0.6 is 23.2 Å². The minimum absolute atomic E-state index is 0.0104. The molecule has 0 heterocycles. The second kappa shape index (κ2) is 5.36. The van der Waals surface area contributed by atoms with Crippen molar-refractivity contribution in [2.45, 2.75) is 6.04 Å². The van der Waals surface area contributed by atoms with E-state index in [1.807, 2.05) is 0 Å². The number of hydrogen-bond donors (Lipinski definition) is 1. The van der Waals surface area contributed by atoms with Crippen molar-refractivity contribution in [2.75, 3.05) is 19.1 Å². The molecule has 16 heavy (non-hydrogen) atoms. The van der Waals surface area contributed by atoms with Crippen LogP contribution < -0.4 is 5.32 Å². The van der Waals surface area contributed by atoms with E-state index in [-0.39, 0.29) is 11.8 Å². The largest absolute Gasteiger partial charge is 0.312 e. The van der Waals surface area contributed by atoms with Crippen LogP contribution in [0.2, 0.25) is 10.0 Å². The molecular formula is C10H13Cl2NO2S. The molecule has 0 aliphatic heterocycles. The zero-order chi connectivity index (χ0) is 12.3. The Morgan fingerprint density at radius 1 is 1.38 bits per heavy atom. The highest BCUT2D eigenvalue weighted by atomic mass is 35.5. The summed E-state index contributed by atoms with van der Waals surface area (Å²) >= 11 is 11.9.